The fourth-order valence-electron chi connectivity index (χ4n) is 2.40. The maximum atomic E-state index is 8.94. The number of rotatable bonds is 2. The number of benzene rings is 1. The van der Waals surface area contributed by atoms with Crippen LogP contribution in [0.3, 0.4) is 0 Å². The SMILES string of the molecule is COc1ccc(C)c2c(CC#N)c(C)n(C)c12. The van der Waals surface area contributed by atoms with Gasteiger partial charge in [-0.15, -0.1) is 0 Å². The van der Waals surface area contributed by atoms with Crippen molar-refractivity contribution in [2.24, 2.45) is 7.05 Å². The maximum absolute atomic E-state index is 8.94. The predicted octanol–water partition coefficient (Wildman–Crippen LogP) is 2.87. The monoisotopic (exact) mass is 228 g/mol. The predicted molar refractivity (Wildman–Crippen MR) is 68.3 cm³/mol. The Balaban J connectivity index is 2.94. The lowest BCUT2D eigenvalue weighted by Gasteiger charge is -2.06. The molecule has 17 heavy (non-hydrogen) atoms. The molecule has 2 aromatic rings. The molecule has 3 nitrogen and oxygen atoms in total. The van der Waals surface area contributed by atoms with Gasteiger partial charge in [0.05, 0.1) is 25.1 Å². The van der Waals surface area contributed by atoms with Crippen molar-refractivity contribution in [2.75, 3.05) is 7.11 Å². The molecule has 0 bridgehead atoms. The minimum Gasteiger partial charge on any atom is -0.495 e. The Morgan fingerprint density at radius 2 is 2.06 bits per heavy atom. The van der Waals surface area contributed by atoms with Crippen molar-refractivity contribution in [3.63, 3.8) is 0 Å². The first-order valence-electron chi connectivity index (χ1n) is 5.60. The van der Waals surface area contributed by atoms with Crippen LogP contribution in [0.4, 0.5) is 0 Å². The van der Waals surface area contributed by atoms with E-state index in [0.717, 1.165) is 27.9 Å². The molecule has 88 valence electrons. The van der Waals surface area contributed by atoms with E-state index in [-0.39, 0.29) is 0 Å². The first-order valence-corrected chi connectivity index (χ1v) is 5.60. The molecular weight excluding hydrogens is 212 g/mol. The average molecular weight is 228 g/mol. The Hall–Kier alpha value is -1.95. The van der Waals surface area contributed by atoms with Crippen LogP contribution < -0.4 is 4.74 Å². The average Bonchev–Trinajstić information content (AvgIpc) is 2.57. The summed E-state index contributed by atoms with van der Waals surface area (Å²) in [6.45, 7) is 4.12. The van der Waals surface area contributed by atoms with Crippen LogP contribution in [0.5, 0.6) is 5.75 Å². The van der Waals surface area contributed by atoms with Crippen LogP contribution in [0.15, 0.2) is 12.1 Å². The molecule has 0 saturated carbocycles. The molecule has 0 spiro atoms. The highest BCUT2D eigenvalue weighted by atomic mass is 16.5. The second kappa shape index (κ2) is 4.14. The number of ether oxygens (including phenoxy) is 1. The number of fused-ring (bicyclic) bond motifs is 1. The first kappa shape index (κ1) is 11.5. The summed E-state index contributed by atoms with van der Waals surface area (Å²) in [4.78, 5) is 0. The van der Waals surface area contributed by atoms with Gasteiger partial charge in [-0.3, -0.25) is 0 Å². The third-order valence-corrected chi connectivity index (χ3v) is 3.40. The molecule has 1 heterocycles. The highest BCUT2D eigenvalue weighted by Gasteiger charge is 2.16. The van der Waals surface area contributed by atoms with Gasteiger partial charge >= 0.3 is 0 Å². The molecule has 0 fully saturated rings. The van der Waals surface area contributed by atoms with Crippen molar-refractivity contribution in [3.8, 4) is 11.8 Å². The van der Waals surface area contributed by atoms with Gasteiger partial charge in [0.1, 0.15) is 5.75 Å². The van der Waals surface area contributed by atoms with E-state index in [0.29, 0.717) is 6.42 Å². The lowest BCUT2D eigenvalue weighted by Crippen LogP contribution is -1.94. The summed E-state index contributed by atoms with van der Waals surface area (Å²) in [6.07, 6.45) is 0.442. The standard InChI is InChI=1S/C14H16N2O/c1-9-5-6-12(17-4)14-13(9)11(7-8-15)10(2)16(14)3/h5-6H,7H2,1-4H3. The molecule has 0 radical (unpaired) electrons. The molecule has 2 rings (SSSR count). The summed E-state index contributed by atoms with van der Waals surface area (Å²) in [6, 6.07) is 6.26. The summed E-state index contributed by atoms with van der Waals surface area (Å²) < 4.78 is 7.51. The number of aryl methyl sites for hydroxylation is 2. The highest BCUT2D eigenvalue weighted by Crippen LogP contribution is 2.34. The van der Waals surface area contributed by atoms with E-state index in [1.165, 1.54) is 5.56 Å². The Labute approximate surface area is 101 Å². The summed E-state index contributed by atoms with van der Waals surface area (Å²) in [7, 11) is 3.69. The summed E-state index contributed by atoms with van der Waals surface area (Å²) in [5.74, 6) is 0.861. The van der Waals surface area contributed by atoms with Gasteiger partial charge < -0.3 is 9.30 Å². The number of nitriles is 1. The second-order valence-corrected chi connectivity index (χ2v) is 4.27. The van der Waals surface area contributed by atoms with Gasteiger partial charge in [0, 0.05) is 18.1 Å². The van der Waals surface area contributed by atoms with Crippen LogP contribution in [0.1, 0.15) is 16.8 Å². The largest absolute Gasteiger partial charge is 0.495 e. The fourth-order valence-corrected chi connectivity index (χ4v) is 2.40. The van der Waals surface area contributed by atoms with Crippen molar-refractivity contribution in [3.05, 3.63) is 29.0 Å². The van der Waals surface area contributed by atoms with Crippen molar-refractivity contribution in [1.82, 2.24) is 4.57 Å². The van der Waals surface area contributed by atoms with Gasteiger partial charge in [-0.1, -0.05) is 6.07 Å². The summed E-state index contributed by atoms with van der Waals surface area (Å²) >= 11 is 0. The Morgan fingerprint density at radius 1 is 1.35 bits per heavy atom. The molecule has 0 N–H and O–H groups in total. The van der Waals surface area contributed by atoms with E-state index < -0.39 is 0 Å². The van der Waals surface area contributed by atoms with Crippen LogP contribution in [0, 0.1) is 25.2 Å². The Bertz CT molecular complexity index is 617. The van der Waals surface area contributed by atoms with E-state index in [1.807, 2.05) is 26.1 Å². The molecule has 0 unspecified atom stereocenters. The van der Waals surface area contributed by atoms with E-state index in [2.05, 4.69) is 17.6 Å². The number of nitrogens with zero attached hydrogens (tertiary/aromatic N) is 2. The van der Waals surface area contributed by atoms with E-state index in [9.17, 15) is 0 Å². The van der Waals surface area contributed by atoms with E-state index in [4.69, 9.17) is 10.00 Å². The quantitative estimate of drug-likeness (QED) is 0.792. The minimum atomic E-state index is 0.442. The van der Waals surface area contributed by atoms with E-state index >= 15 is 0 Å². The van der Waals surface area contributed by atoms with Gasteiger partial charge in [-0.05, 0) is 31.0 Å². The molecule has 0 aliphatic carbocycles. The Morgan fingerprint density at radius 3 is 2.65 bits per heavy atom. The fraction of sp³-hybridized carbons (Fsp3) is 0.357. The van der Waals surface area contributed by atoms with Gasteiger partial charge in [0.15, 0.2) is 0 Å². The topological polar surface area (TPSA) is 37.9 Å². The van der Waals surface area contributed by atoms with Crippen molar-refractivity contribution >= 4 is 10.9 Å². The molecule has 1 aromatic carbocycles. The van der Waals surface area contributed by atoms with Gasteiger partial charge in [0.2, 0.25) is 0 Å². The van der Waals surface area contributed by atoms with Crippen LogP contribution in [0.2, 0.25) is 0 Å². The molecule has 0 aliphatic heterocycles. The van der Waals surface area contributed by atoms with E-state index in [1.54, 1.807) is 7.11 Å². The first-order chi connectivity index (χ1) is 8.11. The number of hydrogen-bond acceptors (Lipinski definition) is 2. The maximum Gasteiger partial charge on any atom is 0.143 e. The number of methoxy groups -OCH3 is 1. The second-order valence-electron chi connectivity index (χ2n) is 4.27. The number of aromatic nitrogens is 1. The number of hydrogen-bond donors (Lipinski definition) is 0. The minimum absolute atomic E-state index is 0.442. The molecule has 0 saturated heterocycles. The summed E-state index contributed by atoms with van der Waals surface area (Å²) in [5, 5.41) is 10.1. The zero-order chi connectivity index (χ0) is 12.6. The molecule has 3 heteroatoms. The normalized spacial score (nSPS) is 10.5. The van der Waals surface area contributed by atoms with Crippen LogP contribution in [-0.2, 0) is 13.5 Å². The smallest absolute Gasteiger partial charge is 0.143 e. The van der Waals surface area contributed by atoms with Crippen molar-refractivity contribution in [1.29, 1.82) is 5.26 Å². The lowest BCUT2D eigenvalue weighted by atomic mass is 10.0. The Kier molecular flexibility index (Phi) is 2.81. The molecule has 1 aromatic heterocycles. The molecule has 0 atom stereocenters. The van der Waals surface area contributed by atoms with Gasteiger partial charge in [-0.25, -0.2) is 0 Å². The summed E-state index contributed by atoms with van der Waals surface area (Å²) in [5.41, 5.74) is 4.51. The van der Waals surface area contributed by atoms with Gasteiger partial charge in [0.25, 0.3) is 0 Å². The van der Waals surface area contributed by atoms with Crippen molar-refractivity contribution in [2.45, 2.75) is 20.3 Å². The lowest BCUT2D eigenvalue weighted by molar-refractivity contribution is 0.417. The zero-order valence-electron chi connectivity index (χ0n) is 10.7. The molecular formula is C14H16N2O. The van der Waals surface area contributed by atoms with Gasteiger partial charge in [-0.2, -0.15) is 5.26 Å². The zero-order valence-corrected chi connectivity index (χ0v) is 10.7. The third-order valence-electron chi connectivity index (χ3n) is 3.40. The highest BCUT2D eigenvalue weighted by molar-refractivity contribution is 5.93. The molecule has 0 aliphatic rings. The third kappa shape index (κ3) is 1.57. The van der Waals surface area contributed by atoms with Crippen molar-refractivity contribution < 1.29 is 4.74 Å². The van der Waals surface area contributed by atoms with Crippen LogP contribution in [0.25, 0.3) is 10.9 Å². The van der Waals surface area contributed by atoms with Crippen LogP contribution in [-0.4, -0.2) is 11.7 Å². The van der Waals surface area contributed by atoms with Crippen LogP contribution >= 0.6 is 0 Å². The molecule has 0 amide bonds.